The molecule has 0 amide bonds. The van der Waals surface area contributed by atoms with E-state index in [0.717, 1.165) is 39.1 Å². The van der Waals surface area contributed by atoms with Gasteiger partial charge in [0.05, 0.1) is 13.2 Å². The fourth-order valence-electron chi connectivity index (χ4n) is 2.26. The lowest BCUT2D eigenvalue weighted by atomic mass is 10.0. The summed E-state index contributed by atoms with van der Waals surface area (Å²) in [6.07, 6.45) is 5.82. The molecule has 2 fully saturated rings. The molecule has 3 heteroatoms. The first-order chi connectivity index (χ1) is 7.26. The molecule has 2 heterocycles. The molecule has 2 aliphatic rings. The zero-order valence-corrected chi connectivity index (χ0v) is 9.37. The molecule has 0 atom stereocenters. The van der Waals surface area contributed by atoms with Crippen molar-refractivity contribution >= 4 is 0 Å². The SMILES string of the molecule is C=C/C=C(\C)N1CCC2(CC1)OCCO2. The van der Waals surface area contributed by atoms with Crippen molar-refractivity contribution in [1.82, 2.24) is 4.90 Å². The Labute approximate surface area is 91.3 Å². The molecule has 2 aliphatic heterocycles. The van der Waals surface area contributed by atoms with Crippen LogP contribution in [0.2, 0.25) is 0 Å². The van der Waals surface area contributed by atoms with Gasteiger partial charge in [-0.3, -0.25) is 0 Å². The number of rotatable bonds is 2. The van der Waals surface area contributed by atoms with Crippen LogP contribution in [0, 0.1) is 0 Å². The first-order valence-electron chi connectivity index (χ1n) is 5.58. The second kappa shape index (κ2) is 4.37. The quantitative estimate of drug-likeness (QED) is 0.648. The van der Waals surface area contributed by atoms with Crippen molar-refractivity contribution in [2.75, 3.05) is 26.3 Å². The zero-order chi connectivity index (χ0) is 10.7. The van der Waals surface area contributed by atoms with Gasteiger partial charge in [-0.1, -0.05) is 12.7 Å². The number of likely N-dealkylation sites (tertiary alicyclic amines) is 1. The summed E-state index contributed by atoms with van der Waals surface area (Å²) in [4.78, 5) is 2.36. The van der Waals surface area contributed by atoms with E-state index in [1.54, 1.807) is 0 Å². The minimum atomic E-state index is -0.259. The number of hydrogen-bond acceptors (Lipinski definition) is 3. The molecule has 2 saturated heterocycles. The Kier molecular flexibility index (Phi) is 3.12. The van der Waals surface area contributed by atoms with Crippen LogP contribution in [0.4, 0.5) is 0 Å². The molecule has 84 valence electrons. The molecule has 0 unspecified atom stereocenters. The smallest absolute Gasteiger partial charge is 0.171 e. The van der Waals surface area contributed by atoms with Gasteiger partial charge < -0.3 is 14.4 Å². The van der Waals surface area contributed by atoms with E-state index in [9.17, 15) is 0 Å². The van der Waals surface area contributed by atoms with Crippen LogP contribution in [-0.4, -0.2) is 37.0 Å². The van der Waals surface area contributed by atoms with Crippen LogP contribution in [0.25, 0.3) is 0 Å². The maximum atomic E-state index is 5.68. The lowest BCUT2D eigenvalue weighted by Gasteiger charge is -2.39. The van der Waals surface area contributed by atoms with Crippen LogP contribution in [0.3, 0.4) is 0 Å². The Hall–Kier alpha value is -0.800. The Morgan fingerprint density at radius 2 is 1.87 bits per heavy atom. The number of hydrogen-bond donors (Lipinski definition) is 0. The highest BCUT2D eigenvalue weighted by atomic mass is 16.7. The second-order valence-electron chi connectivity index (χ2n) is 4.14. The second-order valence-corrected chi connectivity index (χ2v) is 4.14. The molecule has 15 heavy (non-hydrogen) atoms. The molecule has 0 bridgehead atoms. The highest BCUT2D eigenvalue weighted by Gasteiger charge is 2.39. The average molecular weight is 209 g/mol. The van der Waals surface area contributed by atoms with Crippen molar-refractivity contribution in [2.45, 2.75) is 25.6 Å². The Morgan fingerprint density at radius 3 is 2.40 bits per heavy atom. The van der Waals surface area contributed by atoms with E-state index in [1.807, 2.05) is 12.2 Å². The van der Waals surface area contributed by atoms with Gasteiger partial charge in [-0.2, -0.15) is 0 Å². The molecule has 0 aliphatic carbocycles. The van der Waals surface area contributed by atoms with Crippen molar-refractivity contribution in [3.8, 4) is 0 Å². The van der Waals surface area contributed by atoms with Crippen molar-refractivity contribution in [3.05, 3.63) is 24.4 Å². The molecule has 3 nitrogen and oxygen atoms in total. The van der Waals surface area contributed by atoms with Crippen LogP contribution in [0.5, 0.6) is 0 Å². The fourth-order valence-corrected chi connectivity index (χ4v) is 2.26. The molecule has 0 aromatic carbocycles. The van der Waals surface area contributed by atoms with Crippen LogP contribution < -0.4 is 0 Å². The van der Waals surface area contributed by atoms with E-state index in [2.05, 4.69) is 18.4 Å². The van der Waals surface area contributed by atoms with Gasteiger partial charge in [0.1, 0.15) is 0 Å². The number of ether oxygens (including phenoxy) is 2. The van der Waals surface area contributed by atoms with E-state index >= 15 is 0 Å². The van der Waals surface area contributed by atoms with E-state index in [-0.39, 0.29) is 5.79 Å². The third-order valence-corrected chi connectivity index (χ3v) is 3.20. The molecule has 0 radical (unpaired) electrons. The van der Waals surface area contributed by atoms with Crippen LogP contribution in [0.1, 0.15) is 19.8 Å². The van der Waals surface area contributed by atoms with Crippen molar-refractivity contribution in [1.29, 1.82) is 0 Å². The number of nitrogens with zero attached hydrogens (tertiary/aromatic N) is 1. The van der Waals surface area contributed by atoms with Gasteiger partial charge in [0.2, 0.25) is 0 Å². The predicted octanol–water partition coefficient (Wildman–Crippen LogP) is 1.92. The maximum absolute atomic E-state index is 5.68. The molecule has 0 saturated carbocycles. The van der Waals surface area contributed by atoms with E-state index < -0.39 is 0 Å². The molecular weight excluding hydrogens is 190 g/mol. The normalized spacial score (nSPS) is 25.9. The fraction of sp³-hybridized carbons (Fsp3) is 0.667. The largest absolute Gasteiger partial charge is 0.375 e. The van der Waals surface area contributed by atoms with Gasteiger partial charge in [0, 0.05) is 31.6 Å². The van der Waals surface area contributed by atoms with Gasteiger partial charge in [-0.15, -0.1) is 0 Å². The summed E-state index contributed by atoms with van der Waals surface area (Å²) in [5.74, 6) is -0.259. The third-order valence-electron chi connectivity index (χ3n) is 3.20. The maximum Gasteiger partial charge on any atom is 0.171 e. The topological polar surface area (TPSA) is 21.7 Å². The summed E-state index contributed by atoms with van der Waals surface area (Å²) < 4.78 is 11.4. The Morgan fingerprint density at radius 1 is 1.27 bits per heavy atom. The first-order valence-corrected chi connectivity index (χ1v) is 5.58. The summed E-state index contributed by atoms with van der Waals surface area (Å²) in [7, 11) is 0. The van der Waals surface area contributed by atoms with E-state index in [0.29, 0.717) is 0 Å². The summed E-state index contributed by atoms with van der Waals surface area (Å²) in [6, 6.07) is 0. The Balaban J connectivity index is 1.91. The summed E-state index contributed by atoms with van der Waals surface area (Å²) in [6.45, 7) is 9.36. The number of piperidine rings is 1. The minimum Gasteiger partial charge on any atom is -0.375 e. The summed E-state index contributed by atoms with van der Waals surface area (Å²) in [5.41, 5.74) is 1.28. The van der Waals surface area contributed by atoms with Crippen LogP contribution >= 0.6 is 0 Å². The molecular formula is C12H19NO2. The molecule has 2 rings (SSSR count). The lowest BCUT2D eigenvalue weighted by molar-refractivity contribution is -0.182. The molecule has 1 spiro atoms. The van der Waals surface area contributed by atoms with Gasteiger partial charge >= 0.3 is 0 Å². The lowest BCUT2D eigenvalue weighted by Crippen LogP contribution is -2.44. The molecule has 0 N–H and O–H groups in total. The van der Waals surface area contributed by atoms with Gasteiger partial charge in [0.25, 0.3) is 0 Å². The predicted molar refractivity (Wildman–Crippen MR) is 59.4 cm³/mol. The zero-order valence-electron chi connectivity index (χ0n) is 9.37. The first kappa shape index (κ1) is 10.7. The highest BCUT2D eigenvalue weighted by molar-refractivity contribution is 5.08. The monoisotopic (exact) mass is 209 g/mol. The molecule has 0 aromatic rings. The minimum absolute atomic E-state index is 0.259. The van der Waals surface area contributed by atoms with Crippen molar-refractivity contribution in [2.24, 2.45) is 0 Å². The van der Waals surface area contributed by atoms with E-state index in [1.165, 1.54) is 5.70 Å². The van der Waals surface area contributed by atoms with Gasteiger partial charge in [0.15, 0.2) is 5.79 Å². The summed E-state index contributed by atoms with van der Waals surface area (Å²) in [5, 5.41) is 0. The average Bonchev–Trinajstić information content (AvgIpc) is 2.68. The molecule has 0 aromatic heterocycles. The van der Waals surface area contributed by atoms with Crippen molar-refractivity contribution < 1.29 is 9.47 Å². The van der Waals surface area contributed by atoms with Crippen LogP contribution in [0.15, 0.2) is 24.4 Å². The summed E-state index contributed by atoms with van der Waals surface area (Å²) >= 11 is 0. The van der Waals surface area contributed by atoms with E-state index in [4.69, 9.17) is 9.47 Å². The van der Waals surface area contributed by atoms with Crippen LogP contribution in [-0.2, 0) is 9.47 Å². The Bertz CT molecular complexity index is 257. The standard InChI is InChI=1S/C12H19NO2/c1-3-4-11(2)13-7-5-12(6-8-13)14-9-10-15-12/h3-4H,1,5-10H2,2H3/b11-4+. The highest BCUT2D eigenvalue weighted by Crippen LogP contribution is 2.32. The number of allylic oxidation sites excluding steroid dienone is 3. The van der Waals surface area contributed by atoms with Gasteiger partial charge in [-0.25, -0.2) is 0 Å². The van der Waals surface area contributed by atoms with Crippen molar-refractivity contribution in [3.63, 3.8) is 0 Å². The van der Waals surface area contributed by atoms with Gasteiger partial charge in [-0.05, 0) is 13.0 Å². The third kappa shape index (κ3) is 2.24.